The minimum absolute atomic E-state index is 0.115. The highest BCUT2D eigenvalue weighted by Crippen LogP contribution is 2.42. The molecule has 31 heavy (non-hydrogen) atoms. The number of carbonyl (C=O) groups excluding carboxylic acids is 1. The van der Waals surface area contributed by atoms with Crippen molar-refractivity contribution in [3.63, 3.8) is 0 Å². The summed E-state index contributed by atoms with van der Waals surface area (Å²) < 4.78 is 18.8. The van der Waals surface area contributed by atoms with Crippen molar-refractivity contribution in [1.29, 1.82) is 0 Å². The van der Waals surface area contributed by atoms with Gasteiger partial charge < -0.3 is 13.6 Å². The molecule has 2 aromatic rings. The molecule has 0 fully saturated rings. The summed E-state index contributed by atoms with van der Waals surface area (Å²) in [4.78, 5) is 13.4. The topological polar surface area (TPSA) is 44.8 Å². The molecule has 170 valence electrons. The number of benzene rings is 2. The fourth-order valence-electron chi connectivity index (χ4n) is 3.39. The Balaban J connectivity index is 2.49. The van der Waals surface area contributed by atoms with E-state index in [0.717, 1.165) is 17.1 Å². The number of ether oxygens (including phenoxy) is 1. The first kappa shape index (κ1) is 25.6. The lowest BCUT2D eigenvalue weighted by molar-refractivity contribution is -0.137. The van der Waals surface area contributed by atoms with Crippen LogP contribution < -0.4 is 4.74 Å². The van der Waals surface area contributed by atoms with E-state index in [9.17, 15) is 4.79 Å². The van der Waals surface area contributed by atoms with Crippen LogP contribution in [0.1, 0.15) is 11.7 Å². The summed E-state index contributed by atoms with van der Waals surface area (Å²) in [5, 5.41) is 0. The average molecular weight is 475 g/mol. The Bertz CT molecular complexity index is 865. The van der Waals surface area contributed by atoms with Crippen LogP contribution in [0.2, 0.25) is 64.5 Å². The molecule has 0 radical (unpaired) electrons. The highest BCUT2D eigenvalue weighted by atomic mass is 28.4. The van der Waals surface area contributed by atoms with Crippen molar-refractivity contribution in [3.8, 4) is 11.5 Å². The molecule has 0 aromatic heterocycles. The smallest absolute Gasteiger partial charge is 0.295 e. The van der Waals surface area contributed by atoms with Crippen LogP contribution in [-0.4, -0.2) is 30.7 Å². The predicted molar refractivity (Wildman–Crippen MR) is 137 cm³/mol. The third-order valence-corrected chi connectivity index (χ3v) is 8.72. The maximum Gasteiger partial charge on any atom is 0.295 e. The van der Waals surface area contributed by atoms with Crippen LogP contribution >= 0.6 is 0 Å². The van der Waals surface area contributed by atoms with Crippen molar-refractivity contribution in [1.82, 2.24) is 0 Å². The molecule has 0 aliphatic heterocycles. The molecule has 2 rings (SSSR count). The molecule has 2 aromatic carbocycles. The van der Waals surface area contributed by atoms with Crippen LogP contribution in [0, 0.1) is 0 Å². The molecular weight excluding hydrogens is 437 g/mol. The summed E-state index contributed by atoms with van der Waals surface area (Å²) in [6, 6.07) is 17.7. The standard InChI is InChI=1S/C24H38O4Si3/c1-29(2,3)23(24(25)28-31(7,8)9)22(27-30(4,5)6)19-14-13-17-21(18-19)26-20-15-11-10-12-16-20/h10-18,22-23H,1-9H3/t22-,23-/m1/s1. The van der Waals surface area contributed by atoms with Gasteiger partial charge in [-0.25, -0.2) is 0 Å². The van der Waals surface area contributed by atoms with Gasteiger partial charge in [0.25, 0.3) is 5.97 Å². The molecule has 0 bridgehead atoms. The minimum atomic E-state index is -2.03. The molecule has 0 saturated carbocycles. The van der Waals surface area contributed by atoms with Crippen molar-refractivity contribution in [3.05, 3.63) is 60.2 Å². The molecule has 0 unspecified atom stereocenters. The molecule has 0 N–H and O–H groups in total. The van der Waals surface area contributed by atoms with Crippen LogP contribution in [0.3, 0.4) is 0 Å². The summed E-state index contributed by atoms with van der Waals surface area (Å²) in [5.74, 6) is 1.40. The Morgan fingerprint density at radius 3 is 1.84 bits per heavy atom. The van der Waals surface area contributed by atoms with Gasteiger partial charge in [-0.15, -0.1) is 0 Å². The van der Waals surface area contributed by atoms with E-state index in [0.29, 0.717) is 0 Å². The van der Waals surface area contributed by atoms with Crippen molar-refractivity contribution in [2.24, 2.45) is 0 Å². The fraction of sp³-hybridized carbons (Fsp3) is 0.458. The van der Waals surface area contributed by atoms with E-state index < -0.39 is 24.7 Å². The Kier molecular flexibility index (Phi) is 8.13. The minimum Gasteiger partial charge on any atom is -0.520 e. The number of hydrogen-bond donors (Lipinski definition) is 0. The summed E-state index contributed by atoms with van der Waals surface area (Å²) in [6.45, 7) is 19.3. The first-order valence-electron chi connectivity index (χ1n) is 10.9. The summed E-state index contributed by atoms with van der Waals surface area (Å²) in [5.41, 5.74) is 0.675. The van der Waals surface area contributed by atoms with Gasteiger partial charge in [-0.05, 0) is 69.1 Å². The van der Waals surface area contributed by atoms with Gasteiger partial charge in [-0.2, -0.15) is 0 Å². The largest absolute Gasteiger partial charge is 0.520 e. The van der Waals surface area contributed by atoms with Crippen molar-refractivity contribution in [2.45, 2.75) is 70.6 Å². The van der Waals surface area contributed by atoms with Gasteiger partial charge in [0.1, 0.15) is 11.5 Å². The number of rotatable bonds is 9. The highest BCUT2D eigenvalue weighted by molar-refractivity contribution is 6.81. The maximum absolute atomic E-state index is 13.4. The van der Waals surface area contributed by atoms with Crippen LogP contribution in [-0.2, 0) is 13.6 Å². The van der Waals surface area contributed by atoms with Gasteiger partial charge in [0.2, 0.25) is 8.32 Å². The van der Waals surface area contributed by atoms with Gasteiger partial charge in [0.05, 0.1) is 19.7 Å². The molecule has 0 amide bonds. The van der Waals surface area contributed by atoms with Crippen molar-refractivity contribution in [2.75, 3.05) is 0 Å². The van der Waals surface area contributed by atoms with E-state index in [2.05, 4.69) is 58.9 Å². The predicted octanol–water partition coefficient (Wildman–Crippen LogP) is 7.46. The summed E-state index contributed by atoms with van der Waals surface area (Å²) in [7, 11) is -5.96. The van der Waals surface area contributed by atoms with Gasteiger partial charge in [-0.3, -0.25) is 4.79 Å². The van der Waals surface area contributed by atoms with E-state index in [1.54, 1.807) is 0 Å². The molecule has 0 aliphatic rings. The van der Waals surface area contributed by atoms with E-state index in [1.165, 1.54) is 0 Å². The second-order valence-electron chi connectivity index (χ2n) is 11.0. The zero-order chi connectivity index (χ0) is 23.4. The van der Waals surface area contributed by atoms with Gasteiger partial charge >= 0.3 is 0 Å². The number of hydrogen-bond acceptors (Lipinski definition) is 4. The molecule has 2 atom stereocenters. The molecule has 7 heteroatoms. The molecule has 0 saturated heterocycles. The van der Waals surface area contributed by atoms with Gasteiger partial charge in [-0.1, -0.05) is 50.0 Å². The van der Waals surface area contributed by atoms with E-state index >= 15 is 0 Å². The third kappa shape index (κ3) is 8.40. The second kappa shape index (κ2) is 9.85. The van der Waals surface area contributed by atoms with Gasteiger partial charge in [0.15, 0.2) is 8.32 Å². The highest BCUT2D eigenvalue weighted by Gasteiger charge is 2.44. The van der Waals surface area contributed by atoms with E-state index in [4.69, 9.17) is 13.6 Å². The van der Waals surface area contributed by atoms with Gasteiger partial charge in [0, 0.05) is 0 Å². The first-order chi connectivity index (χ1) is 14.2. The number of para-hydroxylation sites is 1. The lowest BCUT2D eigenvalue weighted by atomic mass is 10.1. The van der Waals surface area contributed by atoms with Crippen molar-refractivity contribution < 1.29 is 18.4 Å². The Morgan fingerprint density at radius 2 is 1.32 bits per heavy atom. The van der Waals surface area contributed by atoms with E-state index in [1.807, 2.05) is 54.6 Å². The average Bonchev–Trinajstić information content (AvgIpc) is 2.58. The normalized spacial score (nSPS) is 14.6. The fourth-order valence-corrected chi connectivity index (χ4v) is 7.34. The maximum atomic E-state index is 13.4. The monoisotopic (exact) mass is 474 g/mol. The second-order valence-corrected chi connectivity index (χ2v) is 25.3. The SMILES string of the molecule is C[Si](C)(C)OC(=O)[C@@H]([C@H](O[Si](C)(C)C)c1cccc(Oc2ccccc2)c1)[Si](C)(C)C. The molecule has 0 spiro atoms. The van der Waals surface area contributed by atoms with Crippen LogP contribution in [0.4, 0.5) is 0 Å². The van der Waals surface area contributed by atoms with Crippen LogP contribution in [0.15, 0.2) is 54.6 Å². The first-order valence-corrected chi connectivity index (χ1v) is 21.3. The Morgan fingerprint density at radius 1 is 0.742 bits per heavy atom. The molecule has 4 nitrogen and oxygen atoms in total. The Hall–Kier alpha value is -1.68. The van der Waals surface area contributed by atoms with E-state index in [-0.39, 0.29) is 17.6 Å². The van der Waals surface area contributed by atoms with Crippen LogP contribution in [0.5, 0.6) is 11.5 Å². The lowest BCUT2D eigenvalue weighted by Gasteiger charge is -2.39. The number of carbonyl (C=O) groups is 1. The van der Waals surface area contributed by atoms with Crippen molar-refractivity contribution >= 4 is 30.7 Å². The lowest BCUT2D eigenvalue weighted by Crippen LogP contribution is -2.45. The quantitative estimate of drug-likeness (QED) is 0.354. The summed E-state index contributed by atoms with van der Waals surface area (Å²) >= 11 is 0. The molecular formula is C24H38O4Si3. The third-order valence-electron chi connectivity index (χ3n) is 4.54. The molecule has 0 heterocycles. The zero-order valence-corrected chi connectivity index (χ0v) is 23.5. The van der Waals surface area contributed by atoms with Crippen LogP contribution in [0.25, 0.3) is 0 Å². The summed E-state index contributed by atoms with van der Waals surface area (Å²) in [6.07, 6.45) is -0.346. The zero-order valence-electron chi connectivity index (χ0n) is 20.5. The molecule has 0 aliphatic carbocycles. The Labute approximate surface area is 191 Å².